The number of aliphatic hydroxyl groups is 1. The number of aryl methyl sites for hydroxylation is 1. The first-order valence-electron chi connectivity index (χ1n) is 7.47. The standard InChI is InChI=1S/C16H21N3O2/c1-12-2-4-14(5-3-12)16-17-15(21-18-16)11-19-8-6-13(10-19)7-9-20/h2-5,13,20H,6-11H2,1H3. The van der Waals surface area contributed by atoms with Gasteiger partial charge in [0.05, 0.1) is 6.54 Å². The molecule has 1 saturated heterocycles. The van der Waals surface area contributed by atoms with E-state index in [1.807, 2.05) is 24.3 Å². The fourth-order valence-corrected chi connectivity index (χ4v) is 2.80. The normalized spacial score (nSPS) is 19.2. The van der Waals surface area contributed by atoms with Gasteiger partial charge in [0.25, 0.3) is 0 Å². The van der Waals surface area contributed by atoms with Gasteiger partial charge in [0.1, 0.15) is 0 Å². The second kappa shape index (κ2) is 6.37. The van der Waals surface area contributed by atoms with Gasteiger partial charge in [-0.15, -0.1) is 0 Å². The van der Waals surface area contributed by atoms with Crippen LogP contribution in [0.2, 0.25) is 0 Å². The van der Waals surface area contributed by atoms with E-state index in [2.05, 4.69) is 22.0 Å². The average Bonchev–Trinajstić information content (AvgIpc) is 3.11. The molecule has 1 aromatic carbocycles. The summed E-state index contributed by atoms with van der Waals surface area (Å²) in [6, 6.07) is 8.12. The molecule has 2 heterocycles. The van der Waals surface area contributed by atoms with Crippen molar-refractivity contribution in [1.82, 2.24) is 15.0 Å². The number of benzene rings is 1. The number of nitrogens with zero attached hydrogens (tertiary/aromatic N) is 3. The van der Waals surface area contributed by atoms with Crippen molar-refractivity contribution in [3.63, 3.8) is 0 Å². The Labute approximate surface area is 124 Å². The molecule has 0 bridgehead atoms. The van der Waals surface area contributed by atoms with E-state index >= 15 is 0 Å². The van der Waals surface area contributed by atoms with Gasteiger partial charge in [0, 0.05) is 18.7 Å². The molecule has 112 valence electrons. The van der Waals surface area contributed by atoms with Crippen LogP contribution in [-0.2, 0) is 6.54 Å². The summed E-state index contributed by atoms with van der Waals surface area (Å²) >= 11 is 0. The van der Waals surface area contributed by atoms with Crippen molar-refractivity contribution >= 4 is 0 Å². The Morgan fingerprint density at radius 1 is 1.33 bits per heavy atom. The number of hydrogen-bond donors (Lipinski definition) is 1. The first-order chi connectivity index (χ1) is 10.2. The number of likely N-dealkylation sites (tertiary alicyclic amines) is 1. The summed E-state index contributed by atoms with van der Waals surface area (Å²) in [5, 5.41) is 13.1. The van der Waals surface area contributed by atoms with Crippen molar-refractivity contribution in [2.24, 2.45) is 5.92 Å². The number of aliphatic hydroxyl groups excluding tert-OH is 1. The maximum Gasteiger partial charge on any atom is 0.241 e. The van der Waals surface area contributed by atoms with Gasteiger partial charge in [-0.1, -0.05) is 35.0 Å². The first kappa shape index (κ1) is 14.2. The van der Waals surface area contributed by atoms with Gasteiger partial charge in [0.15, 0.2) is 0 Å². The van der Waals surface area contributed by atoms with E-state index < -0.39 is 0 Å². The summed E-state index contributed by atoms with van der Waals surface area (Å²) in [5.41, 5.74) is 2.20. The predicted octanol–water partition coefficient (Wildman–Crippen LogP) is 2.25. The van der Waals surface area contributed by atoms with E-state index in [0.717, 1.165) is 31.5 Å². The lowest BCUT2D eigenvalue weighted by molar-refractivity contribution is 0.236. The second-order valence-corrected chi connectivity index (χ2v) is 5.78. The quantitative estimate of drug-likeness (QED) is 0.914. The maximum absolute atomic E-state index is 8.99. The minimum atomic E-state index is 0.274. The zero-order chi connectivity index (χ0) is 14.7. The van der Waals surface area contributed by atoms with Gasteiger partial charge >= 0.3 is 0 Å². The number of rotatable bonds is 5. The highest BCUT2D eigenvalue weighted by atomic mass is 16.5. The number of aromatic nitrogens is 2. The molecule has 1 fully saturated rings. The van der Waals surface area contributed by atoms with Crippen LogP contribution in [0.3, 0.4) is 0 Å². The van der Waals surface area contributed by atoms with Gasteiger partial charge in [-0.2, -0.15) is 4.98 Å². The molecule has 1 aliphatic rings. The third-order valence-electron chi connectivity index (χ3n) is 4.04. The number of hydrogen-bond acceptors (Lipinski definition) is 5. The Morgan fingerprint density at radius 2 is 2.14 bits per heavy atom. The topological polar surface area (TPSA) is 62.4 Å². The molecular weight excluding hydrogens is 266 g/mol. The highest BCUT2D eigenvalue weighted by Gasteiger charge is 2.23. The summed E-state index contributed by atoms with van der Waals surface area (Å²) in [6.07, 6.45) is 2.02. The van der Waals surface area contributed by atoms with Gasteiger partial charge in [-0.05, 0) is 32.2 Å². The molecule has 0 radical (unpaired) electrons. The highest BCUT2D eigenvalue weighted by Crippen LogP contribution is 2.22. The largest absolute Gasteiger partial charge is 0.396 e. The third-order valence-corrected chi connectivity index (χ3v) is 4.04. The van der Waals surface area contributed by atoms with Crippen molar-refractivity contribution < 1.29 is 9.63 Å². The second-order valence-electron chi connectivity index (χ2n) is 5.78. The van der Waals surface area contributed by atoms with Crippen molar-refractivity contribution in [2.45, 2.75) is 26.3 Å². The van der Waals surface area contributed by atoms with Gasteiger partial charge in [-0.3, -0.25) is 4.90 Å². The minimum absolute atomic E-state index is 0.274. The fraction of sp³-hybridized carbons (Fsp3) is 0.500. The Bertz CT molecular complexity index is 579. The van der Waals surface area contributed by atoms with E-state index in [1.54, 1.807) is 0 Å². The molecule has 2 aromatic rings. The van der Waals surface area contributed by atoms with Gasteiger partial charge < -0.3 is 9.63 Å². The van der Waals surface area contributed by atoms with E-state index in [4.69, 9.17) is 9.63 Å². The molecule has 0 saturated carbocycles. The Hall–Kier alpha value is -1.72. The fourth-order valence-electron chi connectivity index (χ4n) is 2.80. The minimum Gasteiger partial charge on any atom is -0.396 e. The van der Waals surface area contributed by atoms with Crippen molar-refractivity contribution in [1.29, 1.82) is 0 Å². The molecule has 1 unspecified atom stereocenters. The third kappa shape index (κ3) is 3.49. The smallest absolute Gasteiger partial charge is 0.241 e. The Balaban J connectivity index is 1.62. The molecule has 0 spiro atoms. The maximum atomic E-state index is 8.99. The Kier molecular flexibility index (Phi) is 4.31. The van der Waals surface area contributed by atoms with E-state index in [0.29, 0.717) is 24.2 Å². The molecule has 1 atom stereocenters. The lowest BCUT2D eigenvalue weighted by atomic mass is 10.1. The molecule has 0 amide bonds. The van der Waals surface area contributed by atoms with Crippen LogP contribution in [0.5, 0.6) is 0 Å². The molecule has 1 aromatic heterocycles. The van der Waals surface area contributed by atoms with Crippen LogP contribution in [0, 0.1) is 12.8 Å². The highest BCUT2D eigenvalue weighted by molar-refractivity contribution is 5.54. The van der Waals surface area contributed by atoms with Crippen LogP contribution in [0.15, 0.2) is 28.8 Å². The summed E-state index contributed by atoms with van der Waals surface area (Å²) < 4.78 is 5.35. The predicted molar refractivity (Wildman–Crippen MR) is 79.6 cm³/mol. The van der Waals surface area contributed by atoms with Gasteiger partial charge in [-0.25, -0.2) is 0 Å². The summed E-state index contributed by atoms with van der Waals surface area (Å²) in [4.78, 5) is 6.79. The zero-order valence-corrected chi connectivity index (χ0v) is 12.3. The summed E-state index contributed by atoms with van der Waals surface area (Å²) in [7, 11) is 0. The zero-order valence-electron chi connectivity index (χ0n) is 12.3. The first-order valence-corrected chi connectivity index (χ1v) is 7.47. The lowest BCUT2D eigenvalue weighted by Gasteiger charge is -2.12. The molecule has 5 nitrogen and oxygen atoms in total. The van der Waals surface area contributed by atoms with E-state index in [-0.39, 0.29) is 6.61 Å². The summed E-state index contributed by atoms with van der Waals surface area (Å²) in [6.45, 7) is 5.06. The van der Waals surface area contributed by atoms with Crippen LogP contribution < -0.4 is 0 Å². The molecule has 1 aliphatic heterocycles. The van der Waals surface area contributed by atoms with Crippen molar-refractivity contribution in [2.75, 3.05) is 19.7 Å². The molecule has 3 rings (SSSR count). The molecule has 1 N–H and O–H groups in total. The van der Waals surface area contributed by atoms with Crippen LogP contribution in [0.1, 0.15) is 24.3 Å². The van der Waals surface area contributed by atoms with Crippen molar-refractivity contribution in [3.05, 3.63) is 35.7 Å². The molecular formula is C16H21N3O2. The van der Waals surface area contributed by atoms with Gasteiger partial charge in [0.2, 0.25) is 11.7 Å². The van der Waals surface area contributed by atoms with Crippen LogP contribution >= 0.6 is 0 Å². The van der Waals surface area contributed by atoms with Crippen LogP contribution in [0.4, 0.5) is 0 Å². The van der Waals surface area contributed by atoms with E-state index in [1.165, 1.54) is 5.56 Å². The monoisotopic (exact) mass is 287 g/mol. The molecule has 0 aliphatic carbocycles. The molecule has 5 heteroatoms. The van der Waals surface area contributed by atoms with Crippen molar-refractivity contribution in [3.8, 4) is 11.4 Å². The average molecular weight is 287 g/mol. The molecule has 21 heavy (non-hydrogen) atoms. The van der Waals surface area contributed by atoms with E-state index in [9.17, 15) is 0 Å². The van der Waals surface area contributed by atoms with Crippen LogP contribution in [-0.4, -0.2) is 39.8 Å². The van der Waals surface area contributed by atoms with Crippen LogP contribution in [0.25, 0.3) is 11.4 Å². The summed E-state index contributed by atoms with van der Waals surface area (Å²) in [5.74, 6) is 1.90. The lowest BCUT2D eigenvalue weighted by Crippen LogP contribution is -2.20. The SMILES string of the molecule is Cc1ccc(-c2noc(CN3CCC(CCO)C3)n2)cc1. The Morgan fingerprint density at radius 3 is 2.90 bits per heavy atom.